The molecule has 0 aromatic rings. The first-order valence-electron chi connectivity index (χ1n) is 10.6. The largest absolute Gasteiger partial charge is 0.147 e. The Bertz CT molecular complexity index is 686. The standard InChI is InChI=1S/2C11H21Si2.2ClH.Zr/c2*1-12(2,3)10-8-7-9-11(10)13(4,5)6;;;/h2*8H,7H2,1-6H3;2*1H;. The van der Waals surface area contributed by atoms with Crippen LogP contribution in [-0.2, 0) is 23.2 Å². The van der Waals surface area contributed by atoms with Crippen LogP contribution in [0, 0.1) is 0 Å². The van der Waals surface area contributed by atoms with E-state index >= 15 is 0 Å². The molecule has 0 aromatic heterocycles. The number of allylic oxidation sites excluding steroid dienone is 8. The van der Waals surface area contributed by atoms with Crippen molar-refractivity contribution < 1.29 is 23.2 Å². The first-order chi connectivity index (χ1) is 11.9. The van der Waals surface area contributed by atoms with E-state index in [0.29, 0.717) is 0 Å². The van der Waals surface area contributed by atoms with E-state index < -0.39 is 55.5 Å². The zero-order valence-electron chi connectivity index (χ0n) is 20.9. The van der Waals surface area contributed by atoms with Gasteiger partial charge in [0, 0.05) is 0 Å². The molecule has 0 radical (unpaired) electrons. The summed E-state index contributed by atoms with van der Waals surface area (Å²) in [5, 5.41) is 7.53. The van der Waals surface area contributed by atoms with Crippen LogP contribution in [0.4, 0.5) is 0 Å². The minimum atomic E-state index is -1.28. The Labute approximate surface area is 209 Å². The predicted molar refractivity (Wildman–Crippen MR) is 147 cm³/mol. The van der Waals surface area contributed by atoms with E-state index in [1.165, 1.54) is 12.8 Å². The van der Waals surface area contributed by atoms with Gasteiger partial charge in [-0.15, -0.1) is 24.8 Å². The van der Waals surface area contributed by atoms with Gasteiger partial charge >= 0.3 is 186 Å². The van der Waals surface area contributed by atoms with Gasteiger partial charge in [0.05, 0.1) is 0 Å². The second kappa shape index (κ2) is 10.1. The van der Waals surface area contributed by atoms with Crippen LogP contribution in [0.5, 0.6) is 0 Å². The van der Waals surface area contributed by atoms with Gasteiger partial charge in [0.1, 0.15) is 0 Å². The van der Waals surface area contributed by atoms with E-state index in [2.05, 4.69) is 90.7 Å². The Kier molecular flexibility index (Phi) is 10.5. The van der Waals surface area contributed by atoms with Crippen molar-refractivity contribution in [3.8, 4) is 0 Å². The zero-order valence-corrected chi connectivity index (χ0v) is 29.0. The smallest absolute Gasteiger partial charge is 0.147 e. The molecule has 166 valence electrons. The summed E-state index contributed by atoms with van der Waals surface area (Å²) < 4.78 is 3.93. The van der Waals surface area contributed by atoms with Crippen molar-refractivity contribution in [1.82, 2.24) is 0 Å². The van der Waals surface area contributed by atoms with E-state index in [-0.39, 0.29) is 24.8 Å². The SMILES string of the molecule is C[Si](C)(C)C1=CC[C]([Zr][C]2=C([Si](C)(C)C)C([Si](C)(C)C)=CC2)=C1[Si](C)(C)C.Cl.Cl. The van der Waals surface area contributed by atoms with Crippen LogP contribution >= 0.6 is 24.8 Å². The molecule has 2 aliphatic carbocycles. The number of rotatable bonds is 6. The van der Waals surface area contributed by atoms with Crippen molar-refractivity contribution in [2.24, 2.45) is 0 Å². The van der Waals surface area contributed by atoms with Crippen LogP contribution in [0.1, 0.15) is 12.8 Å². The third kappa shape index (κ3) is 7.14. The van der Waals surface area contributed by atoms with Gasteiger partial charge in [0.15, 0.2) is 0 Å². The summed E-state index contributed by atoms with van der Waals surface area (Å²) in [6.07, 6.45) is 7.95. The van der Waals surface area contributed by atoms with Crippen molar-refractivity contribution in [3.63, 3.8) is 0 Å². The molecule has 0 aromatic carbocycles. The third-order valence-electron chi connectivity index (χ3n) is 5.58. The minimum absolute atomic E-state index is 0. The van der Waals surface area contributed by atoms with Gasteiger partial charge in [0.25, 0.3) is 0 Å². The van der Waals surface area contributed by atoms with Gasteiger partial charge in [-0.2, -0.15) is 0 Å². The molecule has 0 N–H and O–H groups in total. The Hall–Kier alpha value is 1.29. The molecule has 0 aliphatic heterocycles. The first kappa shape index (κ1) is 30.3. The summed E-state index contributed by atoms with van der Waals surface area (Å²) >= 11 is -0.650. The van der Waals surface area contributed by atoms with Crippen molar-refractivity contribution >= 4 is 57.1 Å². The van der Waals surface area contributed by atoms with Crippen LogP contribution in [-0.4, -0.2) is 32.3 Å². The fourth-order valence-electron chi connectivity index (χ4n) is 4.63. The predicted octanol–water partition coefficient (Wildman–Crippen LogP) is 8.59. The van der Waals surface area contributed by atoms with Crippen LogP contribution in [0.2, 0.25) is 78.6 Å². The van der Waals surface area contributed by atoms with Gasteiger partial charge in [0.2, 0.25) is 0 Å². The van der Waals surface area contributed by atoms with Crippen LogP contribution in [0.25, 0.3) is 0 Å². The molecule has 2 rings (SSSR count). The summed E-state index contributed by atoms with van der Waals surface area (Å²) in [5.41, 5.74) is 0. The van der Waals surface area contributed by atoms with Crippen LogP contribution in [0.3, 0.4) is 0 Å². The molecule has 0 nitrogen and oxygen atoms in total. The van der Waals surface area contributed by atoms with Crippen LogP contribution < -0.4 is 0 Å². The first-order valence-corrected chi connectivity index (χ1v) is 27.1. The van der Waals surface area contributed by atoms with Gasteiger partial charge in [-0.05, 0) is 0 Å². The molecule has 0 bridgehead atoms. The zero-order chi connectivity index (χ0) is 21.0. The van der Waals surface area contributed by atoms with Gasteiger partial charge in [-0.1, -0.05) is 0 Å². The molecule has 0 fully saturated rings. The van der Waals surface area contributed by atoms with Crippen LogP contribution in [0.15, 0.2) is 39.5 Å². The monoisotopic (exact) mass is 580 g/mol. The molecule has 0 amide bonds. The maximum atomic E-state index is 2.67. The fraction of sp³-hybridized carbons (Fsp3) is 0.636. The second-order valence-electron chi connectivity index (χ2n) is 12.5. The molecule has 0 saturated heterocycles. The van der Waals surface area contributed by atoms with E-state index in [9.17, 15) is 0 Å². The minimum Gasteiger partial charge on any atom is -0.147 e. The second-order valence-corrected chi connectivity index (χ2v) is 36.1. The van der Waals surface area contributed by atoms with Crippen molar-refractivity contribution in [2.45, 2.75) is 91.4 Å². The van der Waals surface area contributed by atoms with E-state index in [4.69, 9.17) is 0 Å². The molecule has 2 aliphatic rings. The average molecular weight is 583 g/mol. The molecular weight excluding hydrogens is 539 g/mol. The Balaban J connectivity index is 0.00000392. The third-order valence-corrected chi connectivity index (χ3v) is 19.3. The molecule has 29 heavy (non-hydrogen) atoms. The number of halogens is 2. The molecule has 0 atom stereocenters. The molecule has 0 spiro atoms. The normalized spacial score (nSPS) is 18.3. The summed E-state index contributed by atoms with van der Waals surface area (Å²) in [5.74, 6) is 0. The maximum absolute atomic E-state index is 2.67. The van der Waals surface area contributed by atoms with E-state index in [0.717, 1.165) is 0 Å². The number of hydrogen-bond donors (Lipinski definition) is 0. The Morgan fingerprint density at radius 2 is 0.793 bits per heavy atom. The quantitative estimate of drug-likeness (QED) is 0.275. The number of hydrogen-bond acceptors (Lipinski definition) is 0. The topological polar surface area (TPSA) is 0 Å². The summed E-state index contributed by atoms with van der Waals surface area (Å²) in [6, 6.07) is 0. The van der Waals surface area contributed by atoms with Crippen molar-refractivity contribution in [1.29, 1.82) is 0 Å². The average Bonchev–Trinajstić information content (AvgIpc) is 3.00. The van der Waals surface area contributed by atoms with Gasteiger partial charge in [-0.25, -0.2) is 0 Å². The molecule has 0 saturated carbocycles. The molecule has 0 heterocycles. The molecule has 0 unspecified atom stereocenters. The summed E-state index contributed by atoms with van der Waals surface area (Å²) in [6.45, 7) is 30.9. The molecular formula is C22H44Cl2Si4Zr. The summed E-state index contributed by atoms with van der Waals surface area (Å²) in [4.78, 5) is 0. The van der Waals surface area contributed by atoms with E-state index in [1.54, 1.807) is 0 Å². The Morgan fingerprint density at radius 3 is 1.00 bits per heavy atom. The Morgan fingerprint density at radius 1 is 0.517 bits per heavy atom. The summed E-state index contributed by atoms with van der Waals surface area (Å²) in [7, 11) is -5.05. The van der Waals surface area contributed by atoms with Gasteiger partial charge < -0.3 is 0 Å². The van der Waals surface area contributed by atoms with Crippen molar-refractivity contribution in [3.05, 3.63) is 39.5 Å². The maximum Gasteiger partial charge on any atom is -0.147 e. The van der Waals surface area contributed by atoms with E-state index in [1.807, 2.05) is 27.3 Å². The van der Waals surface area contributed by atoms with Gasteiger partial charge in [-0.3, -0.25) is 0 Å². The van der Waals surface area contributed by atoms with Crippen molar-refractivity contribution in [2.75, 3.05) is 0 Å². The fourth-order valence-corrected chi connectivity index (χ4v) is 26.3. The molecule has 7 heteroatoms.